The summed E-state index contributed by atoms with van der Waals surface area (Å²) in [7, 11) is 2.20. The fourth-order valence-corrected chi connectivity index (χ4v) is 9.97. The van der Waals surface area contributed by atoms with Crippen LogP contribution < -0.4 is 10.1 Å². The third kappa shape index (κ3) is 6.66. The molecule has 3 saturated heterocycles. The topological polar surface area (TPSA) is 84.3 Å². The van der Waals surface area contributed by atoms with Crippen LogP contribution in [0.2, 0.25) is 0 Å². The van der Waals surface area contributed by atoms with E-state index in [4.69, 9.17) is 9.47 Å². The highest BCUT2D eigenvalue weighted by molar-refractivity contribution is 5.87. The molecule has 1 amide bonds. The monoisotopic (exact) mass is 662 g/mol. The second-order valence-corrected chi connectivity index (χ2v) is 15.3. The molecule has 2 saturated carbocycles. The number of benzene rings is 1. The molecule has 4 heterocycles. The first-order chi connectivity index (χ1) is 23.4. The van der Waals surface area contributed by atoms with Crippen LogP contribution in [0, 0.1) is 17.2 Å². The predicted octanol–water partition coefficient (Wildman–Crippen LogP) is 4.83. The van der Waals surface area contributed by atoms with Gasteiger partial charge in [0.05, 0.1) is 31.3 Å². The highest BCUT2D eigenvalue weighted by atomic mass is 19.1. The van der Waals surface area contributed by atoms with Crippen LogP contribution >= 0.6 is 0 Å². The molecule has 4 aliphatic heterocycles. The lowest BCUT2D eigenvalue weighted by Crippen LogP contribution is -2.76. The SMILES string of the molecule is C=CC(=O)N1CCN(C2C3CC[C@@]4(CC3NC(OCC3CCCN3C)N2C2CCCCCC2)Oc2ccccc2CC4F)CC1CC#N. The molecule has 262 valence electrons. The fraction of sp³-hybridized carbons (Fsp3) is 0.737. The summed E-state index contributed by atoms with van der Waals surface area (Å²) >= 11 is 0. The Morgan fingerprint density at radius 2 is 1.94 bits per heavy atom. The van der Waals surface area contributed by atoms with Crippen LogP contribution in [0.5, 0.6) is 5.75 Å². The number of para-hydroxylation sites is 1. The average Bonchev–Trinajstić information content (AvgIpc) is 3.32. The van der Waals surface area contributed by atoms with Gasteiger partial charge in [-0.05, 0) is 69.8 Å². The normalized spacial score (nSPS) is 36.9. The molecule has 1 spiro atoms. The van der Waals surface area contributed by atoms with E-state index >= 15 is 4.39 Å². The van der Waals surface area contributed by atoms with Gasteiger partial charge in [-0.15, -0.1) is 0 Å². The molecule has 6 aliphatic rings. The van der Waals surface area contributed by atoms with Crippen LogP contribution in [0.15, 0.2) is 36.9 Å². The molecule has 1 N–H and O–H groups in total. The number of nitrogens with one attached hydrogen (secondary N) is 1. The van der Waals surface area contributed by atoms with Gasteiger partial charge in [-0.25, -0.2) is 9.29 Å². The fourth-order valence-electron chi connectivity index (χ4n) is 9.97. The smallest absolute Gasteiger partial charge is 0.246 e. The van der Waals surface area contributed by atoms with Crippen molar-refractivity contribution in [2.24, 2.45) is 5.92 Å². The Morgan fingerprint density at radius 1 is 1.12 bits per heavy atom. The highest BCUT2D eigenvalue weighted by Gasteiger charge is 2.57. The number of ether oxygens (including phenoxy) is 2. The van der Waals surface area contributed by atoms with Crippen LogP contribution in [0.1, 0.15) is 82.6 Å². The van der Waals surface area contributed by atoms with Crippen LogP contribution in [0.3, 0.4) is 0 Å². The van der Waals surface area contributed by atoms with Crippen molar-refractivity contribution in [1.29, 1.82) is 5.26 Å². The Balaban J connectivity index is 1.23. The second-order valence-electron chi connectivity index (χ2n) is 15.3. The van der Waals surface area contributed by atoms with Crippen molar-refractivity contribution in [2.75, 3.05) is 39.8 Å². The van der Waals surface area contributed by atoms with Crippen LogP contribution in [-0.4, -0.2) is 114 Å². The lowest BCUT2D eigenvalue weighted by molar-refractivity contribution is -0.224. The van der Waals surface area contributed by atoms with Crippen molar-refractivity contribution in [1.82, 2.24) is 24.9 Å². The minimum Gasteiger partial charge on any atom is -0.484 e. The van der Waals surface area contributed by atoms with Crippen molar-refractivity contribution >= 4 is 5.91 Å². The summed E-state index contributed by atoms with van der Waals surface area (Å²) in [5, 5.41) is 13.8. The number of carbonyl (C=O) groups is 1. The Hall–Kier alpha value is -2.55. The van der Waals surface area contributed by atoms with Gasteiger partial charge in [-0.2, -0.15) is 5.26 Å². The number of piperazine rings is 1. The summed E-state index contributed by atoms with van der Waals surface area (Å²) in [6, 6.07) is 10.8. The zero-order valence-corrected chi connectivity index (χ0v) is 28.8. The van der Waals surface area contributed by atoms with Gasteiger partial charge >= 0.3 is 0 Å². The molecule has 7 unspecified atom stereocenters. The molecule has 2 aliphatic carbocycles. The number of nitrogens with zero attached hydrogens (tertiary/aromatic N) is 5. The van der Waals surface area contributed by atoms with E-state index in [0.29, 0.717) is 51.0 Å². The first-order valence-corrected chi connectivity index (χ1v) is 18.7. The first kappa shape index (κ1) is 33.9. The van der Waals surface area contributed by atoms with Crippen molar-refractivity contribution < 1.29 is 18.7 Å². The maximum absolute atomic E-state index is 16.3. The number of amides is 1. The number of likely N-dealkylation sites (tertiary alicyclic amines) is 1. The van der Waals surface area contributed by atoms with Crippen molar-refractivity contribution in [2.45, 2.75) is 132 Å². The number of hydrogen-bond donors (Lipinski definition) is 1. The molecule has 48 heavy (non-hydrogen) atoms. The first-order valence-electron chi connectivity index (χ1n) is 18.7. The molecule has 1 aromatic rings. The van der Waals surface area contributed by atoms with Gasteiger partial charge in [0.1, 0.15) is 17.5 Å². The lowest BCUT2D eigenvalue weighted by Gasteiger charge is -2.61. The molecular weight excluding hydrogens is 607 g/mol. The third-order valence-electron chi connectivity index (χ3n) is 12.6. The highest BCUT2D eigenvalue weighted by Crippen LogP contribution is 2.48. The predicted molar refractivity (Wildman–Crippen MR) is 183 cm³/mol. The summed E-state index contributed by atoms with van der Waals surface area (Å²) in [4.78, 5) is 22.3. The average molecular weight is 663 g/mol. The van der Waals surface area contributed by atoms with E-state index in [-0.39, 0.29) is 42.8 Å². The molecule has 5 fully saturated rings. The minimum absolute atomic E-state index is 0.00264. The molecular formula is C38H55FN6O3. The second kappa shape index (κ2) is 14.7. The minimum atomic E-state index is -1.08. The summed E-state index contributed by atoms with van der Waals surface area (Å²) in [5.74, 6) is 0.936. The Labute approximate surface area is 286 Å². The van der Waals surface area contributed by atoms with Gasteiger partial charge in [0, 0.05) is 56.5 Å². The number of carbonyl (C=O) groups excluding carboxylic acids is 1. The number of rotatable bonds is 7. The molecule has 8 atom stereocenters. The number of hydrogen-bond acceptors (Lipinski definition) is 8. The number of likely N-dealkylation sites (N-methyl/N-ethyl adjacent to an activating group) is 1. The van der Waals surface area contributed by atoms with E-state index in [0.717, 1.165) is 50.1 Å². The quantitative estimate of drug-likeness (QED) is 0.329. The lowest BCUT2D eigenvalue weighted by atomic mass is 9.68. The zero-order chi connectivity index (χ0) is 33.3. The Kier molecular flexibility index (Phi) is 10.4. The molecule has 9 nitrogen and oxygen atoms in total. The molecule has 1 aromatic carbocycles. The largest absolute Gasteiger partial charge is 0.484 e. The maximum atomic E-state index is 16.3. The molecule has 7 rings (SSSR count). The van der Waals surface area contributed by atoms with E-state index < -0.39 is 11.8 Å². The van der Waals surface area contributed by atoms with Gasteiger partial charge in [0.2, 0.25) is 5.91 Å². The van der Waals surface area contributed by atoms with Gasteiger partial charge in [0.25, 0.3) is 0 Å². The van der Waals surface area contributed by atoms with Crippen LogP contribution in [-0.2, 0) is 16.0 Å². The zero-order valence-electron chi connectivity index (χ0n) is 28.8. The molecule has 0 aromatic heterocycles. The van der Waals surface area contributed by atoms with Gasteiger partial charge in [0.15, 0.2) is 6.35 Å². The van der Waals surface area contributed by atoms with E-state index in [2.05, 4.69) is 39.7 Å². The van der Waals surface area contributed by atoms with E-state index in [1.54, 1.807) is 0 Å². The Morgan fingerprint density at radius 3 is 2.69 bits per heavy atom. The Bertz CT molecular complexity index is 1330. The molecule has 10 heteroatoms. The third-order valence-corrected chi connectivity index (χ3v) is 12.6. The van der Waals surface area contributed by atoms with Crippen LogP contribution in [0.25, 0.3) is 0 Å². The summed E-state index contributed by atoms with van der Waals surface area (Å²) < 4.78 is 30.0. The van der Waals surface area contributed by atoms with E-state index in [9.17, 15) is 10.1 Å². The summed E-state index contributed by atoms with van der Waals surface area (Å²) in [6.07, 6.45) is 12.3. The number of fused-ring (bicyclic) bond motifs is 2. The van der Waals surface area contributed by atoms with Crippen molar-refractivity contribution in [3.8, 4) is 11.8 Å². The van der Waals surface area contributed by atoms with Crippen LogP contribution in [0.4, 0.5) is 4.39 Å². The molecule has 0 radical (unpaired) electrons. The number of nitriles is 1. The van der Waals surface area contributed by atoms with Crippen molar-refractivity contribution in [3.05, 3.63) is 42.5 Å². The van der Waals surface area contributed by atoms with Crippen molar-refractivity contribution in [3.63, 3.8) is 0 Å². The molecule has 0 bridgehead atoms. The van der Waals surface area contributed by atoms with E-state index in [1.807, 2.05) is 29.2 Å². The number of alkyl halides is 1. The summed E-state index contributed by atoms with van der Waals surface area (Å²) in [6.45, 7) is 7.40. The maximum Gasteiger partial charge on any atom is 0.246 e. The van der Waals surface area contributed by atoms with Gasteiger partial charge in [-0.1, -0.05) is 50.5 Å². The van der Waals surface area contributed by atoms with Gasteiger partial charge in [-0.3, -0.25) is 15.0 Å². The van der Waals surface area contributed by atoms with Gasteiger partial charge < -0.3 is 19.3 Å². The number of halogens is 1. The summed E-state index contributed by atoms with van der Waals surface area (Å²) in [5.41, 5.74) is 0.0794. The standard InChI is InChI=1S/C38H55FN6O3/c1-3-35(46)44-22-21-43(25-29(44)17-19-40)36-31-16-18-38(34(39)23-27-11-8-9-15-33(27)48-38)24-32(31)41-37(47-26-30-14-10-20-42(30)2)45(36)28-12-6-4-5-7-13-28/h3,8-9,11,15,28-32,34,36-37,41H,1,4-7,10,12-14,16-18,20-26H2,2H3/t29?,30?,31?,32?,34?,36?,37?,38-/m0/s1. The van der Waals surface area contributed by atoms with E-state index in [1.165, 1.54) is 38.2 Å².